The van der Waals surface area contributed by atoms with Gasteiger partial charge in [-0.25, -0.2) is 8.42 Å². The van der Waals surface area contributed by atoms with Gasteiger partial charge in [0.15, 0.2) is 0 Å². The third-order valence-corrected chi connectivity index (χ3v) is 9.40. The van der Waals surface area contributed by atoms with E-state index in [9.17, 15) is 18.0 Å². The van der Waals surface area contributed by atoms with Crippen LogP contribution in [0, 0.1) is 6.92 Å². The van der Waals surface area contributed by atoms with E-state index in [1.165, 1.54) is 29.2 Å². The normalized spacial score (nSPS) is 12.2. The molecule has 8 nitrogen and oxygen atoms in total. The third kappa shape index (κ3) is 9.83. The Labute approximate surface area is 283 Å². The van der Waals surface area contributed by atoms with Gasteiger partial charge >= 0.3 is 0 Å². The molecule has 0 saturated heterocycles. The second-order valence-corrected chi connectivity index (χ2v) is 14.6. The molecule has 0 spiro atoms. The van der Waals surface area contributed by atoms with Crippen LogP contribution in [-0.2, 0) is 32.6 Å². The quantitative estimate of drug-likeness (QED) is 0.168. The Morgan fingerprint density at radius 2 is 1.47 bits per heavy atom. The van der Waals surface area contributed by atoms with E-state index in [1.54, 1.807) is 24.3 Å². The van der Waals surface area contributed by atoms with E-state index in [-0.39, 0.29) is 29.5 Å². The first-order valence-electron chi connectivity index (χ1n) is 15.5. The molecular weight excluding hydrogens is 634 g/mol. The van der Waals surface area contributed by atoms with Crippen LogP contribution in [0.3, 0.4) is 0 Å². The lowest BCUT2D eigenvalue weighted by Crippen LogP contribution is -2.56. The lowest BCUT2D eigenvalue weighted by atomic mass is 10.0. The molecule has 4 rings (SSSR count). The minimum absolute atomic E-state index is 0.0278. The average molecular weight is 676 g/mol. The molecule has 10 heteroatoms. The SMILES string of the molecule is CCOc1ccc(N(CC(=O)N(Cc2ccc(C)cc2)C(Cc2ccccc2)C(=O)NC(C)(C)C)S(=O)(=O)c2ccc(Cl)cc2)cc1. The zero-order valence-corrected chi connectivity index (χ0v) is 29.0. The summed E-state index contributed by atoms with van der Waals surface area (Å²) in [6, 6.07) is 28.5. The van der Waals surface area contributed by atoms with Crippen molar-refractivity contribution >= 4 is 39.1 Å². The highest BCUT2D eigenvalue weighted by molar-refractivity contribution is 7.92. The Morgan fingerprint density at radius 1 is 0.851 bits per heavy atom. The molecule has 248 valence electrons. The van der Waals surface area contributed by atoms with Gasteiger partial charge < -0.3 is 15.0 Å². The van der Waals surface area contributed by atoms with Crippen LogP contribution in [0.5, 0.6) is 5.75 Å². The van der Waals surface area contributed by atoms with Crippen molar-refractivity contribution in [2.24, 2.45) is 0 Å². The number of anilines is 1. The Morgan fingerprint density at radius 3 is 2.04 bits per heavy atom. The van der Waals surface area contributed by atoms with Gasteiger partial charge in [-0.3, -0.25) is 13.9 Å². The molecule has 0 aliphatic heterocycles. The molecule has 0 fully saturated rings. The number of hydrogen-bond donors (Lipinski definition) is 1. The van der Waals surface area contributed by atoms with E-state index in [1.807, 2.05) is 89.2 Å². The molecule has 0 bridgehead atoms. The molecule has 1 N–H and O–H groups in total. The summed E-state index contributed by atoms with van der Waals surface area (Å²) in [5, 5.41) is 3.42. The van der Waals surface area contributed by atoms with E-state index in [0.29, 0.717) is 17.4 Å². The number of sulfonamides is 1. The zero-order valence-electron chi connectivity index (χ0n) is 27.4. The predicted molar refractivity (Wildman–Crippen MR) is 187 cm³/mol. The number of benzene rings is 4. The molecule has 0 aliphatic rings. The van der Waals surface area contributed by atoms with Crippen molar-refractivity contribution in [2.45, 2.75) is 64.1 Å². The number of rotatable bonds is 13. The monoisotopic (exact) mass is 675 g/mol. The van der Waals surface area contributed by atoms with Gasteiger partial charge in [0.2, 0.25) is 11.8 Å². The first kappa shape index (κ1) is 35.5. The summed E-state index contributed by atoms with van der Waals surface area (Å²) >= 11 is 6.07. The van der Waals surface area contributed by atoms with Crippen molar-refractivity contribution in [1.29, 1.82) is 0 Å². The number of amides is 2. The molecule has 0 radical (unpaired) electrons. The highest BCUT2D eigenvalue weighted by Gasteiger charge is 2.35. The van der Waals surface area contributed by atoms with E-state index in [0.717, 1.165) is 21.0 Å². The fraction of sp³-hybridized carbons (Fsp3) is 0.297. The topological polar surface area (TPSA) is 96.0 Å². The van der Waals surface area contributed by atoms with Gasteiger partial charge in [-0.1, -0.05) is 71.8 Å². The van der Waals surface area contributed by atoms with Crippen LogP contribution in [0.1, 0.15) is 44.4 Å². The van der Waals surface area contributed by atoms with E-state index in [2.05, 4.69) is 5.32 Å². The van der Waals surface area contributed by atoms with Gasteiger partial charge in [0, 0.05) is 23.5 Å². The van der Waals surface area contributed by atoms with Crippen LogP contribution in [-0.4, -0.2) is 49.9 Å². The average Bonchev–Trinajstić information content (AvgIpc) is 3.03. The van der Waals surface area contributed by atoms with Crippen molar-refractivity contribution in [2.75, 3.05) is 17.5 Å². The van der Waals surface area contributed by atoms with Crippen LogP contribution in [0.2, 0.25) is 5.02 Å². The van der Waals surface area contributed by atoms with Gasteiger partial charge in [-0.05, 0) is 94.3 Å². The largest absolute Gasteiger partial charge is 0.494 e. The number of ether oxygens (including phenoxy) is 1. The van der Waals surface area contributed by atoms with E-state index >= 15 is 0 Å². The van der Waals surface area contributed by atoms with Crippen LogP contribution in [0.25, 0.3) is 0 Å². The van der Waals surface area contributed by atoms with Crippen LogP contribution in [0.4, 0.5) is 5.69 Å². The summed E-state index contributed by atoms with van der Waals surface area (Å²) in [6.45, 7) is 9.43. The van der Waals surface area contributed by atoms with Gasteiger partial charge in [0.05, 0.1) is 17.2 Å². The highest BCUT2D eigenvalue weighted by Crippen LogP contribution is 2.28. The van der Waals surface area contributed by atoms with Crippen molar-refractivity contribution in [3.63, 3.8) is 0 Å². The van der Waals surface area contributed by atoms with Crippen molar-refractivity contribution in [3.05, 3.63) is 125 Å². The van der Waals surface area contributed by atoms with Crippen molar-refractivity contribution < 1.29 is 22.7 Å². The van der Waals surface area contributed by atoms with Gasteiger partial charge in [0.1, 0.15) is 18.3 Å². The summed E-state index contributed by atoms with van der Waals surface area (Å²) < 4.78 is 35.0. The number of aryl methyl sites for hydroxylation is 1. The molecule has 1 atom stereocenters. The summed E-state index contributed by atoms with van der Waals surface area (Å²) in [5.41, 5.74) is 2.41. The summed E-state index contributed by atoms with van der Waals surface area (Å²) in [5.74, 6) is -0.314. The summed E-state index contributed by atoms with van der Waals surface area (Å²) in [7, 11) is -4.25. The number of nitrogens with one attached hydrogen (secondary N) is 1. The van der Waals surface area contributed by atoms with Crippen LogP contribution < -0.4 is 14.4 Å². The first-order valence-corrected chi connectivity index (χ1v) is 17.3. The van der Waals surface area contributed by atoms with Gasteiger partial charge in [-0.15, -0.1) is 0 Å². The van der Waals surface area contributed by atoms with Crippen molar-refractivity contribution in [1.82, 2.24) is 10.2 Å². The lowest BCUT2D eigenvalue weighted by Gasteiger charge is -2.35. The number of carbonyl (C=O) groups excluding carboxylic acids is 2. The van der Waals surface area contributed by atoms with Gasteiger partial charge in [-0.2, -0.15) is 0 Å². The minimum atomic E-state index is -4.25. The summed E-state index contributed by atoms with van der Waals surface area (Å²) in [6.07, 6.45) is 0.230. The van der Waals surface area contributed by atoms with Gasteiger partial charge in [0.25, 0.3) is 10.0 Å². The molecule has 1 unspecified atom stereocenters. The number of carbonyl (C=O) groups is 2. The Balaban J connectivity index is 1.81. The molecular formula is C37H42ClN3O5S. The van der Waals surface area contributed by atoms with Crippen molar-refractivity contribution in [3.8, 4) is 5.75 Å². The number of hydrogen-bond acceptors (Lipinski definition) is 5. The smallest absolute Gasteiger partial charge is 0.264 e. The summed E-state index contributed by atoms with van der Waals surface area (Å²) in [4.78, 5) is 30.0. The van der Waals surface area contributed by atoms with Crippen LogP contribution >= 0.6 is 11.6 Å². The molecule has 4 aromatic rings. The standard InChI is InChI=1S/C37H42ClN3O5S/c1-6-46-32-20-18-31(19-21-32)41(47(44,45)33-22-16-30(38)17-23-33)26-35(42)40(25-29-14-12-27(2)13-15-29)34(36(43)39-37(3,4)5)24-28-10-8-7-9-11-28/h7-23,34H,6,24-26H2,1-5H3,(H,39,43). The molecule has 0 saturated carbocycles. The maximum Gasteiger partial charge on any atom is 0.264 e. The fourth-order valence-electron chi connectivity index (χ4n) is 5.03. The molecule has 0 heterocycles. The highest BCUT2D eigenvalue weighted by atomic mass is 35.5. The van der Waals surface area contributed by atoms with Crippen LogP contribution in [0.15, 0.2) is 108 Å². The second-order valence-electron chi connectivity index (χ2n) is 12.3. The van der Waals surface area contributed by atoms with E-state index < -0.39 is 34.1 Å². The minimum Gasteiger partial charge on any atom is -0.494 e. The predicted octanol–water partition coefficient (Wildman–Crippen LogP) is 6.80. The first-order chi connectivity index (χ1) is 22.3. The Bertz CT molecular complexity index is 1740. The molecule has 0 aliphatic carbocycles. The third-order valence-electron chi connectivity index (χ3n) is 7.36. The number of nitrogens with zero attached hydrogens (tertiary/aromatic N) is 2. The number of halogens is 1. The Hall–Kier alpha value is -4.34. The maximum atomic E-state index is 14.6. The Kier molecular flexibility index (Phi) is 11.7. The molecule has 47 heavy (non-hydrogen) atoms. The lowest BCUT2D eigenvalue weighted by molar-refractivity contribution is -0.140. The fourth-order valence-corrected chi connectivity index (χ4v) is 6.58. The molecule has 0 aromatic heterocycles. The molecule has 2 amide bonds. The second kappa shape index (κ2) is 15.5. The maximum absolute atomic E-state index is 14.6. The van der Waals surface area contributed by atoms with E-state index in [4.69, 9.17) is 16.3 Å². The molecule has 4 aromatic carbocycles. The zero-order chi connectivity index (χ0) is 34.2.